The summed E-state index contributed by atoms with van der Waals surface area (Å²) in [5, 5.41) is 0.109. The van der Waals surface area contributed by atoms with Crippen molar-refractivity contribution in [2.45, 2.75) is 6.92 Å². The Morgan fingerprint density at radius 3 is 2.91 bits per heavy atom. The highest BCUT2D eigenvalue weighted by Gasteiger charge is 2.06. The molecule has 1 rings (SSSR count). The molecule has 0 aromatic carbocycles. The van der Waals surface area contributed by atoms with E-state index in [1.54, 1.807) is 13.0 Å². The topological polar surface area (TPSA) is 56.0 Å². The van der Waals surface area contributed by atoms with Crippen molar-refractivity contribution in [2.24, 2.45) is 5.73 Å². The fraction of sp³-hybridized carbons (Fsp3) is 0.143. The van der Waals surface area contributed by atoms with Gasteiger partial charge in [0.05, 0.1) is 5.56 Å². The van der Waals surface area contributed by atoms with Gasteiger partial charge >= 0.3 is 0 Å². The summed E-state index contributed by atoms with van der Waals surface area (Å²) in [5.41, 5.74) is 5.81. The van der Waals surface area contributed by atoms with Gasteiger partial charge in [-0.25, -0.2) is 4.98 Å². The van der Waals surface area contributed by atoms with Crippen molar-refractivity contribution >= 4 is 17.5 Å². The molecule has 0 aliphatic heterocycles. The zero-order valence-corrected chi connectivity index (χ0v) is 6.64. The predicted molar refractivity (Wildman–Crippen MR) is 41.3 cm³/mol. The summed E-state index contributed by atoms with van der Waals surface area (Å²) in [5.74, 6) is -0.609. The number of hydrogen-bond acceptors (Lipinski definition) is 2. The zero-order chi connectivity index (χ0) is 8.43. The van der Waals surface area contributed by atoms with E-state index in [4.69, 9.17) is 17.3 Å². The van der Waals surface area contributed by atoms with Gasteiger partial charge in [-0.2, -0.15) is 0 Å². The smallest absolute Gasteiger partial charge is 0.252 e. The summed E-state index contributed by atoms with van der Waals surface area (Å²) < 4.78 is 0. The Morgan fingerprint density at radius 1 is 1.82 bits per heavy atom. The standard InChI is InChI=1S/C7H6ClN2O/c1-4-2-3-5(7(9)11)6(8)10-4/h2H,1H3,(H2,9,11). The van der Waals surface area contributed by atoms with E-state index in [9.17, 15) is 4.79 Å². The summed E-state index contributed by atoms with van der Waals surface area (Å²) in [6, 6.07) is 4.20. The Hall–Kier alpha value is -1.09. The summed E-state index contributed by atoms with van der Waals surface area (Å²) in [6.07, 6.45) is 0. The normalized spacial score (nSPS) is 9.64. The Morgan fingerprint density at radius 2 is 2.45 bits per heavy atom. The van der Waals surface area contributed by atoms with Crippen LogP contribution in [0.2, 0.25) is 5.15 Å². The fourth-order valence-corrected chi connectivity index (χ4v) is 0.933. The maximum absolute atomic E-state index is 10.6. The summed E-state index contributed by atoms with van der Waals surface area (Å²) in [4.78, 5) is 14.4. The number of carbonyl (C=O) groups is 1. The number of amides is 1. The average molecular weight is 170 g/mol. The fourth-order valence-electron chi connectivity index (χ4n) is 0.652. The number of rotatable bonds is 1. The Balaban J connectivity index is 3.20. The first-order valence-corrected chi connectivity index (χ1v) is 3.33. The van der Waals surface area contributed by atoms with Crippen LogP contribution in [0.15, 0.2) is 6.07 Å². The van der Waals surface area contributed by atoms with Crippen LogP contribution in [-0.2, 0) is 0 Å². The molecule has 0 unspecified atom stereocenters. The minimum absolute atomic E-state index is 0.109. The second-order valence-corrected chi connectivity index (χ2v) is 2.43. The lowest BCUT2D eigenvalue weighted by atomic mass is 10.2. The minimum atomic E-state index is -0.609. The highest BCUT2D eigenvalue weighted by atomic mass is 35.5. The molecule has 57 valence electrons. The van der Waals surface area contributed by atoms with E-state index >= 15 is 0 Å². The lowest BCUT2D eigenvalue weighted by Crippen LogP contribution is -2.12. The number of primary amides is 1. The molecule has 0 aliphatic carbocycles. The minimum Gasteiger partial charge on any atom is -0.365 e. The molecule has 1 aromatic heterocycles. The number of pyridine rings is 1. The Bertz CT molecular complexity index is 298. The number of nitrogens with zero attached hydrogens (tertiary/aromatic N) is 1. The molecule has 0 saturated heterocycles. The monoisotopic (exact) mass is 169 g/mol. The number of nitrogens with two attached hydrogens (primary N) is 1. The SMILES string of the molecule is Cc1c[c]c(C(N)=O)c(Cl)n1. The summed E-state index contributed by atoms with van der Waals surface area (Å²) >= 11 is 5.58. The molecule has 0 spiro atoms. The van der Waals surface area contributed by atoms with Crippen molar-refractivity contribution < 1.29 is 4.79 Å². The Kier molecular flexibility index (Phi) is 2.10. The van der Waals surface area contributed by atoms with Gasteiger partial charge in [0.25, 0.3) is 5.91 Å². The molecule has 0 aliphatic rings. The van der Waals surface area contributed by atoms with E-state index in [2.05, 4.69) is 11.1 Å². The molecular weight excluding hydrogens is 164 g/mol. The van der Waals surface area contributed by atoms with Crippen molar-refractivity contribution in [2.75, 3.05) is 0 Å². The van der Waals surface area contributed by atoms with Crippen LogP contribution in [0.4, 0.5) is 0 Å². The molecule has 0 atom stereocenters. The maximum Gasteiger partial charge on any atom is 0.252 e. The maximum atomic E-state index is 10.6. The summed E-state index contributed by atoms with van der Waals surface area (Å²) in [6.45, 7) is 1.76. The summed E-state index contributed by atoms with van der Waals surface area (Å²) in [7, 11) is 0. The van der Waals surface area contributed by atoms with Crippen LogP contribution in [0.1, 0.15) is 16.1 Å². The molecule has 1 heterocycles. The molecule has 1 amide bonds. The van der Waals surface area contributed by atoms with Crippen molar-refractivity contribution in [3.8, 4) is 0 Å². The molecule has 3 nitrogen and oxygen atoms in total. The molecule has 4 heteroatoms. The van der Waals surface area contributed by atoms with E-state index < -0.39 is 5.91 Å². The molecule has 11 heavy (non-hydrogen) atoms. The van der Waals surface area contributed by atoms with Gasteiger partial charge in [0.15, 0.2) is 0 Å². The first-order chi connectivity index (χ1) is 5.11. The van der Waals surface area contributed by atoms with E-state index in [1.165, 1.54) is 0 Å². The Labute approximate surface area is 69.2 Å². The van der Waals surface area contributed by atoms with Crippen LogP contribution in [0, 0.1) is 13.0 Å². The zero-order valence-electron chi connectivity index (χ0n) is 5.89. The van der Waals surface area contributed by atoms with E-state index in [0.717, 1.165) is 0 Å². The second-order valence-electron chi connectivity index (χ2n) is 2.07. The van der Waals surface area contributed by atoms with Crippen LogP contribution < -0.4 is 5.73 Å². The largest absolute Gasteiger partial charge is 0.365 e. The number of aromatic nitrogens is 1. The number of carbonyl (C=O) groups excluding carboxylic acids is 1. The molecule has 0 saturated carbocycles. The highest BCUT2D eigenvalue weighted by molar-refractivity contribution is 6.32. The van der Waals surface area contributed by atoms with Gasteiger partial charge in [-0.3, -0.25) is 4.79 Å². The van der Waals surface area contributed by atoms with Gasteiger partial charge in [-0.15, -0.1) is 0 Å². The molecular formula is C7H6ClN2O. The van der Waals surface area contributed by atoms with Crippen LogP contribution in [0.3, 0.4) is 0 Å². The second kappa shape index (κ2) is 2.88. The quantitative estimate of drug-likeness (QED) is 0.637. The average Bonchev–Trinajstić information content (AvgIpc) is 1.85. The van der Waals surface area contributed by atoms with Crippen molar-refractivity contribution in [1.82, 2.24) is 4.98 Å². The van der Waals surface area contributed by atoms with Crippen molar-refractivity contribution in [3.63, 3.8) is 0 Å². The van der Waals surface area contributed by atoms with Gasteiger partial charge in [0.2, 0.25) is 0 Å². The van der Waals surface area contributed by atoms with Gasteiger partial charge < -0.3 is 5.73 Å². The van der Waals surface area contributed by atoms with Gasteiger partial charge in [0, 0.05) is 11.8 Å². The molecule has 1 aromatic rings. The highest BCUT2D eigenvalue weighted by Crippen LogP contribution is 2.11. The van der Waals surface area contributed by atoms with Crippen LogP contribution in [0.5, 0.6) is 0 Å². The predicted octanol–water partition coefficient (Wildman–Crippen LogP) is 0.943. The molecule has 2 N–H and O–H groups in total. The first-order valence-electron chi connectivity index (χ1n) is 2.96. The van der Waals surface area contributed by atoms with Crippen molar-refractivity contribution in [3.05, 3.63) is 28.5 Å². The van der Waals surface area contributed by atoms with E-state index in [-0.39, 0.29) is 10.7 Å². The molecule has 1 radical (unpaired) electrons. The number of aryl methyl sites for hydroxylation is 1. The first kappa shape index (κ1) is 8.01. The van der Waals surface area contributed by atoms with Gasteiger partial charge in [0.1, 0.15) is 5.15 Å². The van der Waals surface area contributed by atoms with Crippen LogP contribution in [0.25, 0.3) is 0 Å². The van der Waals surface area contributed by atoms with Crippen LogP contribution in [-0.4, -0.2) is 10.9 Å². The number of halogens is 1. The van der Waals surface area contributed by atoms with Gasteiger partial charge in [-0.1, -0.05) is 11.6 Å². The lowest BCUT2D eigenvalue weighted by Gasteiger charge is -1.97. The third-order valence-electron chi connectivity index (χ3n) is 1.15. The van der Waals surface area contributed by atoms with Crippen LogP contribution >= 0.6 is 11.6 Å². The third kappa shape index (κ3) is 1.68. The lowest BCUT2D eigenvalue weighted by molar-refractivity contribution is 0.1000. The van der Waals surface area contributed by atoms with Gasteiger partial charge in [-0.05, 0) is 13.0 Å². The van der Waals surface area contributed by atoms with E-state index in [0.29, 0.717) is 5.69 Å². The van der Waals surface area contributed by atoms with E-state index in [1.807, 2.05) is 0 Å². The van der Waals surface area contributed by atoms with Crippen molar-refractivity contribution in [1.29, 1.82) is 0 Å². The third-order valence-corrected chi connectivity index (χ3v) is 1.43. The molecule has 0 bridgehead atoms. The molecule has 0 fully saturated rings. The number of hydrogen-bond donors (Lipinski definition) is 1.